The summed E-state index contributed by atoms with van der Waals surface area (Å²) in [5.41, 5.74) is 6.14. The number of carbonyl (C=O) groups excluding carboxylic acids is 1. The van der Waals surface area contributed by atoms with E-state index in [1.54, 1.807) is 11.1 Å². The first-order chi connectivity index (χ1) is 8.24. The largest absolute Gasteiger partial charge is 0.337 e. The Labute approximate surface area is 101 Å². The Morgan fingerprint density at radius 1 is 1.53 bits per heavy atom. The van der Waals surface area contributed by atoms with Crippen molar-refractivity contribution in [1.82, 2.24) is 14.9 Å². The highest BCUT2D eigenvalue weighted by Crippen LogP contribution is 2.29. The molecule has 0 radical (unpaired) electrons. The summed E-state index contributed by atoms with van der Waals surface area (Å²) in [4.78, 5) is 21.9. The quantitative estimate of drug-likeness (QED) is 0.834. The molecule has 92 valence electrons. The van der Waals surface area contributed by atoms with E-state index in [9.17, 15) is 4.79 Å². The molecule has 2 unspecified atom stereocenters. The Morgan fingerprint density at radius 3 is 3.00 bits per heavy atom. The maximum Gasteiger partial charge on any atom is 0.274 e. The number of carbonyl (C=O) groups is 1. The van der Waals surface area contributed by atoms with Gasteiger partial charge in [0.2, 0.25) is 0 Å². The monoisotopic (exact) mass is 234 g/mol. The molecule has 1 saturated carbocycles. The van der Waals surface area contributed by atoms with Gasteiger partial charge in [0.05, 0.1) is 6.20 Å². The number of hydrogen-bond acceptors (Lipinski definition) is 4. The second kappa shape index (κ2) is 5.23. The average molecular weight is 234 g/mol. The summed E-state index contributed by atoms with van der Waals surface area (Å²) < 4.78 is 0. The average Bonchev–Trinajstić information content (AvgIpc) is 2.86. The van der Waals surface area contributed by atoms with Crippen molar-refractivity contribution in [2.75, 3.05) is 13.6 Å². The zero-order valence-electron chi connectivity index (χ0n) is 10.0. The summed E-state index contributed by atoms with van der Waals surface area (Å²) in [6.07, 6.45) is 7.89. The molecule has 2 rings (SSSR count). The first-order valence-electron chi connectivity index (χ1n) is 5.97. The zero-order chi connectivity index (χ0) is 12.3. The molecule has 17 heavy (non-hydrogen) atoms. The lowest BCUT2D eigenvalue weighted by Gasteiger charge is -2.28. The van der Waals surface area contributed by atoms with Crippen molar-refractivity contribution in [3.8, 4) is 0 Å². The van der Waals surface area contributed by atoms with E-state index in [4.69, 9.17) is 5.73 Å². The molecule has 1 fully saturated rings. The molecular weight excluding hydrogens is 216 g/mol. The molecule has 0 spiro atoms. The Balaban J connectivity index is 2.10. The zero-order valence-corrected chi connectivity index (χ0v) is 10.0. The second-order valence-electron chi connectivity index (χ2n) is 4.50. The topological polar surface area (TPSA) is 72.1 Å². The molecule has 0 bridgehead atoms. The minimum atomic E-state index is -0.0663. The molecule has 1 heterocycles. The van der Waals surface area contributed by atoms with Crippen molar-refractivity contribution in [3.63, 3.8) is 0 Å². The van der Waals surface area contributed by atoms with E-state index in [1.165, 1.54) is 12.4 Å². The number of hydrogen-bond donors (Lipinski definition) is 1. The van der Waals surface area contributed by atoms with E-state index in [-0.39, 0.29) is 11.9 Å². The highest BCUT2D eigenvalue weighted by atomic mass is 16.2. The third-order valence-corrected chi connectivity index (χ3v) is 3.52. The minimum Gasteiger partial charge on any atom is -0.337 e. The minimum absolute atomic E-state index is 0.0663. The molecule has 2 N–H and O–H groups in total. The maximum atomic E-state index is 12.2. The van der Waals surface area contributed by atoms with Crippen molar-refractivity contribution in [1.29, 1.82) is 0 Å². The Kier molecular flexibility index (Phi) is 3.68. The predicted octanol–water partition coefficient (Wildman–Crippen LogP) is 0.676. The molecule has 1 aliphatic rings. The highest BCUT2D eigenvalue weighted by Gasteiger charge is 2.32. The highest BCUT2D eigenvalue weighted by molar-refractivity contribution is 5.92. The molecule has 1 amide bonds. The van der Waals surface area contributed by atoms with Crippen LogP contribution in [0.3, 0.4) is 0 Å². The third-order valence-electron chi connectivity index (χ3n) is 3.52. The summed E-state index contributed by atoms with van der Waals surface area (Å²) in [5.74, 6) is 0.351. The van der Waals surface area contributed by atoms with Crippen LogP contribution in [0.5, 0.6) is 0 Å². The smallest absolute Gasteiger partial charge is 0.274 e. The number of nitrogens with zero attached hydrogens (tertiary/aromatic N) is 3. The summed E-state index contributed by atoms with van der Waals surface area (Å²) in [6, 6.07) is 0.245. The molecule has 0 aromatic carbocycles. The van der Waals surface area contributed by atoms with Crippen molar-refractivity contribution in [3.05, 3.63) is 24.3 Å². The van der Waals surface area contributed by atoms with E-state index in [1.807, 2.05) is 7.05 Å². The lowest BCUT2D eigenvalue weighted by atomic mass is 10.0. The first-order valence-corrected chi connectivity index (χ1v) is 5.97. The fraction of sp³-hybridized carbons (Fsp3) is 0.583. The van der Waals surface area contributed by atoms with Gasteiger partial charge >= 0.3 is 0 Å². The molecule has 0 aliphatic heterocycles. The molecule has 2 atom stereocenters. The number of amides is 1. The van der Waals surface area contributed by atoms with E-state index >= 15 is 0 Å². The Morgan fingerprint density at radius 2 is 2.35 bits per heavy atom. The van der Waals surface area contributed by atoms with Gasteiger partial charge in [0.15, 0.2) is 0 Å². The number of nitrogens with two attached hydrogens (primary N) is 1. The standard InChI is InChI=1S/C12H18N4O/c1-16(11-4-2-3-9(11)7-13)12(17)10-8-14-5-6-15-10/h5-6,8-9,11H,2-4,7,13H2,1H3. The molecular formula is C12H18N4O. The molecule has 1 aromatic heterocycles. The van der Waals surface area contributed by atoms with Crippen LogP contribution in [0.15, 0.2) is 18.6 Å². The van der Waals surface area contributed by atoms with Crippen LogP contribution in [-0.4, -0.2) is 40.4 Å². The van der Waals surface area contributed by atoms with Gasteiger partial charge < -0.3 is 10.6 Å². The fourth-order valence-electron chi connectivity index (χ4n) is 2.54. The summed E-state index contributed by atoms with van der Waals surface area (Å²) in [5, 5.41) is 0. The van der Waals surface area contributed by atoms with Crippen LogP contribution in [0.2, 0.25) is 0 Å². The van der Waals surface area contributed by atoms with Gasteiger partial charge in [0, 0.05) is 25.5 Å². The van der Waals surface area contributed by atoms with Gasteiger partial charge in [0.1, 0.15) is 5.69 Å². The van der Waals surface area contributed by atoms with Crippen molar-refractivity contribution in [2.24, 2.45) is 11.7 Å². The van der Waals surface area contributed by atoms with Crippen LogP contribution in [0.1, 0.15) is 29.8 Å². The molecule has 0 saturated heterocycles. The van der Waals surface area contributed by atoms with E-state index in [0.717, 1.165) is 19.3 Å². The van der Waals surface area contributed by atoms with Crippen molar-refractivity contribution >= 4 is 5.91 Å². The first kappa shape index (κ1) is 12.0. The van der Waals surface area contributed by atoms with Gasteiger partial charge in [-0.05, 0) is 25.3 Å². The van der Waals surface area contributed by atoms with Gasteiger partial charge in [0.25, 0.3) is 5.91 Å². The molecule has 1 aliphatic carbocycles. The second-order valence-corrected chi connectivity index (χ2v) is 4.50. The Hall–Kier alpha value is -1.49. The van der Waals surface area contributed by atoms with Crippen LogP contribution < -0.4 is 5.73 Å². The van der Waals surface area contributed by atoms with Crippen LogP contribution in [0, 0.1) is 5.92 Å². The third kappa shape index (κ3) is 2.44. The van der Waals surface area contributed by atoms with Crippen LogP contribution in [0.25, 0.3) is 0 Å². The Bertz CT molecular complexity index is 381. The van der Waals surface area contributed by atoms with Gasteiger partial charge in [-0.15, -0.1) is 0 Å². The van der Waals surface area contributed by atoms with E-state index < -0.39 is 0 Å². The van der Waals surface area contributed by atoms with Crippen LogP contribution in [0.4, 0.5) is 0 Å². The normalized spacial score (nSPS) is 23.6. The number of rotatable bonds is 3. The number of aromatic nitrogens is 2. The lowest BCUT2D eigenvalue weighted by molar-refractivity contribution is 0.0693. The fourth-order valence-corrected chi connectivity index (χ4v) is 2.54. The summed E-state index contributed by atoms with van der Waals surface area (Å²) in [7, 11) is 1.83. The van der Waals surface area contributed by atoms with Gasteiger partial charge in [-0.3, -0.25) is 9.78 Å². The van der Waals surface area contributed by atoms with Crippen molar-refractivity contribution < 1.29 is 4.79 Å². The maximum absolute atomic E-state index is 12.2. The van der Waals surface area contributed by atoms with E-state index in [2.05, 4.69) is 9.97 Å². The van der Waals surface area contributed by atoms with Gasteiger partial charge in [-0.2, -0.15) is 0 Å². The SMILES string of the molecule is CN(C(=O)c1cnccn1)C1CCCC1CN. The summed E-state index contributed by atoms with van der Waals surface area (Å²) >= 11 is 0. The molecule has 1 aromatic rings. The molecule has 5 nitrogen and oxygen atoms in total. The predicted molar refractivity (Wildman–Crippen MR) is 64.3 cm³/mol. The molecule has 5 heteroatoms. The van der Waals surface area contributed by atoms with Gasteiger partial charge in [-0.1, -0.05) is 6.42 Å². The summed E-state index contributed by atoms with van der Waals surface area (Å²) in [6.45, 7) is 0.642. The van der Waals surface area contributed by atoms with Crippen LogP contribution in [-0.2, 0) is 0 Å². The van der Waals surface area contributed by atoms with Crippen molar-refractivity contribution in [2.45, 2.75) is 25.3 Å². The van der Waals surface area contributed by atoms with Crippen LogP contribution >= 0.6 is 0 Å². The lowest BCUT2D eigenvalue weighted by Crippen LogP contribution is -2.41. The van der Waals surface area contributed by atoms with Gasteiger partial charge in [-0.25, -0.2) is 4.98 Å². The van der Waals surface area contributed by atoms with E-state index in [0.29, 0.717) is 18.2 Å².